The van der Waals surface area contributed by atoms with E-state index >= 15 is 0 Å². The summed E-state index contributed by atoms with van der Waals surface area (Å²) in [6, 6.07) is 8.13. The van der Waals surface area contributed by atoms with E-state index in [9.17, 15) is 9.18 Å². The van der Waals surface area contributed by atoms with Gasteiger partial charge in [-0.1, -0.05) is 18.2 Å². The number of aliphatic carboxylic acids is 1. The van der Waals surface area contributed by atoms with Crippen LogP contribution >= 0.6 is 0 Å². The van der Waals surface area contributed by atoms with Gasteiger partial charge in [-0.2, -0.15) is 0 Å². The number of hydrogen-bond donors (Lipinski definition) is 1. The zero-order chi connectivity index (χ0) is 13.0. The molecule has 0 atom stereocenters. The van der Waals surface area contributed by atoms with E-state index in [0.29, 0.717) is 5.56 Å². The van der Waals surface area contributed by atoms with E-state index in [0.717, 1.165) is 11.6 Å². The highest BCUT2D eigenvalue weighted by atomic mass is 19.1. The van der Waals surface area contributed by atoms with E-state index in [1.54, 1.807) is 36.7 Å². The Labute approximate surface area is 103 Å². The fraction of sp³-hybridized carbons (Fsp3) is 0. The Balaban J connectivity index is 2.54. The minimum Gasteiger partial charge on any atom is -0.478 e. The van der Waals surface area contributed by atoms with Gasteiger partial charge in [-0.15, -0.1) is 0 Å². The quantitative estimate of drug-likeness (QED) is 0.843. The van der Waals surface area contributed by atoms with E-state index in [4.69, 9.17) is 5.11 Å². The van der Waals surface area contributed by atoms with Crippen molar-refractivity contribution in [2.75, 3.05) is 0 Å². The van der Waals surface area contributed by atoms with Gasteiger partial charge in [-0.05, 0) is 23.8 Å². The molecule has 2 aromatic rings. The molecule has 0 aliphatic rings. The zero-order valence-electron chi connectivity index (χ0n) is 9.38. The Hall–Kier alpha value is -2.49. The van der Waals surface area contributed by atoms with Gasteiger partial charge >= 0.3 is 5.97 Å². The number of carboxylic acids is 1. The molecule has 0 unspecified atom stereocenters. The first-order valence-corrected chi connectivity index (χ1v) is 5.28. The van der Waals surface area contributed by atoms with Gasteiger partial charge in [0.15, 0.2) is 0 Å². The number of aromatic nitrogens is 1. The molecular weight excluding hydrogens is 233 g/mol. The van der Waals surface area contributed by atoms with Crippen LogP contribution in [0.4, 0.5) is 4.39 Å². The maximum Gasteiger partial charge on any atom is 0.328 e. The van der Waals surface area contributed by atoms with Gasteiger partial charge in [0.05, 0.1) is 0 Å². The van der Waals surface area contributed by atoms with Crippen molar-refractivity contribution < 1.29 is 14.3 Å². The van der Waals surface area contributed by atoms with Crippen molar-refractivity contribution in [2.45, 2.75) is 0 Å². The summed E-state index contributed by atoms with van der Waals surface area (Å²) < 4.78 is 13.7. The van der Waals surface area contributed by atoms with Crippen LogP contribution < -0.4 is 0 Å². The van der Waals surface area contributed by atoms with E-state index in [1.807, 2.05) is 0 Å². The largest absolute Gasteiger partial charge is 0.478 e. The van der Waals surface area contributed by atoms with Crippen LogP contribution in [0.3, 0.4) is 0 Å². The number of carboxylic acid groups (broad SMARTS) is 1. The smallest absolute Gasteiger partial charge is 0.328 e. The number of rotatable bonds is 3. The van der Waals surface area contributed by atoms with Crippen LogP contribution in [0.15, 0.2) is 48.8 Å². The fourth-order valence-electron chi connectivity index (χ4n) is 1.63. The second-order valence-corrected chi connectivity index (χ2v) is 3.61. The Morgan fingerprint density at radius 2 is 2.11 bits per heavy atom. The summed E-state index contributed by atoms with van der Waals surface area (Å²) in [5.41, 5.74) is 1.59. The second kappa shape index (κ2) is 5.23. The molecular formula is C14H10FNO2. The predicted molar refractivity (Wildman–Crippen MR) is 66.3 cm³/mol. The summed E-state index contributed by atoms with van der Waals surface area (Å²) >= 11 is 0. The summed E-state index contributed by atoms with van der Waals surface area (Å²) in [6.45, 7) is 0. The predicted octanol–water partition coefficient (Wildman–Crippen LogP) is 2.99. The first-order chi connectivity index (χ1) is 8.68. The Kier molecular flexibility index (Phi) is 3.48. The molecule has 0 saturated heterocycles. The van der Waals surface area contributed by atoms with Crippen molar-refractivity contribution in [2.24, 2.45) is 0 Å². The average Bonchev–Trinajstić information content (AvgIpc) is 2.38. The number of benzene rings is 1. The van der Waals surface area contributed by atoms with Gasteiger partial charge in [-0.3, -0.25) is 4.98 Å². The van der Waals surface area contributed by atoms with Gasteiger partial charge in [0.1, 0.15) is 5.82 Å². The van der Waals surface area contributed by atoms with Crippen LogP contribution in [-0.4, -0.2) is 16.1 Å². The molecule has 0 amide bonds. The molecule has 0 spiro atoms. The number of carbonyl (C=O) groups is 1. The van der Waals surface area contributed by atoms with Gasteiger partial charge in [-0.25, -0.2) is 9.18 Å². The molecule has 3 nitrogen and oxygen atoms in total. The molecule has 1 N–H and O–H groups in total. The minimum absolute atomic E-state index is 0.243. The third-order valence-corrected chi connectivity index (χ3v) is 2.42. The third kappa shape index (κ3) is 2.60. The highest BCUT2D eigenvalue weighted by molar-refractivity contribution is 5.87. The van der Waals surface area contributed by atoms with Gasteiger partial charge in [0.2, 0.25) is 0 Å². The molecule has 1 aromatic heterocycles. The van der Waals surface area contributed by atoms with Crippen LogP contribution in [0.1, 0.15) is 5.56 Å². The molecule has 0 bridgehead atoms. The highest BCUT2D eigenvalue weighted by Crippen LogP contribution is 2.26. The molecule has 2 rings (SSSR count). The number of halogens is 1. The SMILES string of the molecule is O=C(O)C=Cc1c(F)cccc1-c1cccnc1. The molecule has 0 aliphatic carbocycles. The maximum atomic E-state index is 13.7. The van der Waals surface area contributed by atoms with Crippen LogP contribution in [0.2, 0.25) is 0 Å². The van der Waals surface area contributed by atoms with E-state index < -0.39 is 11.8 Å². The molecule has 4 heteroatoms. The summed E-state index contributed by atoms with van der Waals surface area (Å²) in [7, 11) is 0. The topological polar surface area (TPSA) is 50.2 Å². The lowest BCUT2D eigenvalue weighted by Gasteiger charge is -2.06. The van der Waals surface area contributed by atoms with E-state index in [1.165, 1.54) is 12.1 Å². The number of pyridine rings is 1. The lowest BCUT2D eigenvalue weighted by Crippen LogP contribution is -1.91. The molecule has 18 heavy (non-hydrogen) atoms. The zero-order valence-corrected chi connectivity index (χ0v) is 9.38. The van der Waals surface area contributed by atoms with Crippen LogP contribution in [0.5, 0.6) is 0 Å². The van der Waals surface area contributed by atoms with Crippen molar-refractivity contribution in [1.29, 1.82) is 0 Å². The lowest BCUT2D eigenvalue weighted by molar-refractivity contribution is -0.131. The van der Waals surface area contributed by atoms with Crippen LogP contribution in [0, 0.1) is 5.82 Å². The second-order valence-electron chi connectivity index (χ2n) is 3.61. The highest BCUT2D eigenvalue weighted by Gasteiger charge is 2.07. The monoisotopic (exact) mass is 243 g/mol. The summed E-state index contributed by atoms with van der Waals surface area (Å²) in [5.74, 6) is -1.58. The maximum absolute atomic E-state index is 13.7. The standard InChI is InChI=1S/C14H10FNO2/c15-13-5-1-4-11(10-3-2-8-16-9-10)12(13)6-7-14(17)18/h1-9H,(H,17,18). The molecule has 0 saturated carbocycles. The molecule has 1 heterocycles. The lowest BCUT2D eigenvalue weighted by atomic mass is 10.0. The van der Waals surface area contributed by atoms with Crippen LogP contribution in [-0.2, 0) is 4.79 Å². The summed E-state index contributed by atoms with van der Waals surface area (Å²) in [4.78, 5) is 14.5. The molecule has 0 fully saturated rings. The summed E-state index contributed by atoms with van der Waals surface area (Å²) in [6.07, 6.45) is 5.39. The van der Waals surface area contributed by atoms with Crippen molar-refractivity contribution >= 4 is 12.0 Å². The van der Waals surface area contributed by atoms with Gasteiger partial charge < -0.3 is 5.11 Å². The van der Waals surface area contributed by atoms with Gasteiger partial charge in [0, 0.05) is 29.6 Å². The van der Waals surface area contributed by atoms with Crippen LogP contribution in [0.25, 0.3) is 17.2 Å². The van der Waals surface area contributed by atoms with E-state index in [2.05, 4.69) is 4.98 Å². The Morgan fingerprint density at radius 3 is 2.78 bits per heavy atom. The van der Waals surface area contributed by atoms with E-state index in [-0.39, 0.29) is 5.56 Å². The first kappa shape index (κ1) is 12.0. The first-order valence-electron chi connectivity index (χ1n) is 5.28. The number of nitrogens with zero attached hydrogens (tertiary/aromatic N) is 1. The molecule has 0 aliphatic heterocycles. The third-order valence-electron chi connectivity index (χ3n) is 2.42. The Bertz CT molecular complexity index is 594. The van der Waals surface area contributed by atoms with Crippen molar-refractivity contribution in [1.82, 2.24) is 4.98 Å². The van der Waals surface area contributed by atoms with Gasteiger partial charge in [0.25, 0.3) is 0 Å². The van der Waals surface area contributed by atoms with Crippen molar-refractivity contribution in [3.05, 3.63) is 60.2 Å². The van der Waals surface area contributed by atoms with Crippen molar-refractivity contribution in [3.63, 3.8) is 0 Å². The summed E-state index contributed by atoms with van der Waals surface area (Å²) in [5, 5.41) is 8.61. The Morgan fingerprint density at radius 1 is 1.28 bits per heavy atom. The minimum atomic E-state index is -1.12. The number of hydrogen-bond acceptors (Lipinski definition) is 2. The molecule has 0 radical (unpaired) electrons. The van der Waals surface area contributed by atoms with Crippen molar-refractivity contribution in [3.8, 4) is 11.1 Å². The fourth-order valence-corrected chi connectivity index (χ4v) is 1.63. The average molecular weight is 243 g/mol. The molecule has 90 valence electrons. The molecule has 1 aromatic carbocycles. The normalized spacial score (nSPS) is 10.7.